The third kappa shape index (κ3) is 2.02. The molecule has 0 radical (unpaired) electrons. The lowest BCUT2D eigenvalue weighted by Gasteiger charge is -2.40. The Bertz CT molecular complexity index is 233. The van der Waals surface area contributed by atoms with Crippen molar-refractivity contribution in [2.45, 2.75) is 52.6 Å². The first-order chi connectivity index (χ1) is 6.37. The molecule has 0 saturated heterocycles. The summed E-state index contributed by atoms with van der Waals surface area (Å²) in [5.41, 5.74) is 6.04. The fraction of sp³-hybridized carbons (Fsp3) is 0.909. The molecule has 0 aromatic carbocycles. The van der Waals surface area contributed by atoms with Crippen LogP contribution in [0.4, 0.5) is 0 Å². The molecule has 82 valence electrons. The molecule has 3 heteroatoms. The first-order valence-corrected chi connectivity index (χ1v) is 5.46. The summed E-state index contributed by atoms with van der Waals surface area (Å²) in [6.07, 6.45) is 1.15. The summed E-state index contributed by atoms with van der Waals surface area (Å²) in [5.74, 6) is 1.39. The number of aliphatic imine (C=N–C) groups is 1. The molecule has 1 aliphatic heterocycles. The smallest absolute Gasteiger partial charge is 0.192 e. The van der Waals surface area contributed by atoms with Crippen molar-refractivity contribution in [3.05, 3.63) is 0 Å². The predicted octanol–water partition coefficient (Wildman–Crippen LogP) is 1.83. The Morgan fingerprint density at radius 3 is 2.43 bits per heavy atom. The van der Waals surface area contributed by atoms with Crippen molar-refractivity contribution in [1.29, 1.82) is 0 Å². The van der Waals surface area contributed by atoms with E-state index in [1.54, 1.807) is 0 Å². The number of nitrogens with two attached hydrogens (primary N) is 1. The molecule has 1 aliphatic rings. The second kappa shape index (κ2) is 3.79. The van der Waals surface area contributed by atoms with Crippen LogP contribution < -0.4 is 5.73 Å². The van der Waals surface area contributed by atoms with Gasteiger partial charge in [0.05, 0.1) is 12.1 Å². The summed E-state index contributed by atoms with van der Waals surface area (Å²) in [5, 5.41) is 0. The molecular formula is C11H23N3. The van der Waals surface area contributed by atoms with Gasteiger partial charge in [0.2, 0.25) is 0 Å². The quantitative estimate of drug-likeness (QED) is 0.750. The molecule has 0 aliphatic carbocycles. The van der Waals surface area contributed by atoms with E-state index in [9.17, 15) is 0 Å². The zero-order chi connectivity index (χ0) is 10.9. The third-order valence-corrected chi connectivity index (χ3v) is 2.77. The molecule has 0 spiro atoms. The van der Waals surface area contributed by atoms with Gasteiger partial charge in [0.1, 0.15) is 0 Å². The summed E-state index contributed by atoms with van der Waals surface area (Å²) < 4.78 is 0. The molecular weight excluding hydrogens is 174 g/mol. The average molecular weight is 197 g/mol. The average Bonchev–Trinajstić information content (AvgIpc) is 2.24. The standard InChI is InChI=1S/C11H23N3/c1-8(2)6-11(5)7-13-10(12)14(11)9(3)4/h8-9H,6-7H2,1-5H3,(H2,12,13). The van der Waals surface area contributed by atoms with Gasteiger partial charge in [-0.3, -0.25) is 4.99 Å². The number of hydrogen-bond donors (Lipinski definition) is 1. The molecule has 0 fully saturated rings. The number of rotatable bonds is 3. The monoisotopic (exact) mass is 197 g/mol. The van der Waals surface area contributed by atoms with Gasteiger partial charge in [-0.15, -0.1) is 0 Å². The Morgan fingerprint density at radius 2 is 2.00 bits per heavy atom. The normalized spacial score (nSPS) is 27.6. The highest BCUT2D eigenvalue weighted by atomic mass is 15.4. The van der Waals surface area contributed by atoms with Gasteiger partial charge in [-0.2, -0.15) is 0 Å². The summed E-state index contributed by atoms with van der Waals surface area (Å²) >= 11 is 0. The van der Waals surface area contributed by atoms with Gasteiger partial charge < -0.3 is 10.6 Å². The highest BCUT2D eigenvalue weighted by Gasteiger charge is 2.39. The van der Waals surface area contributed by atoms with Gasteiger partial charge >= 0.3 is 0 Å². The van der Waals surface area contributed by atoms with Crippen LogP contribution in [0.2, 0.25) is 0 Å². The van der Waals surface area contributed by atoms with Gasteiger partial charge in [0.25, 0.3) is 0 Å². The maximum absolute atomic E-state index is 5.91. The van der Waals surface area contributed by atoms with Crippen LogP contribution in [-0.2, 0) is 0 Å². The van der Waals surface area contributed by atoms with E-state index in [2.05, 4.69) is 44.5 Å². The number of hydrogen-bond acceptors (Lipinski definition) is 3. The minimum Gasteiger partial charge on any atom is -0.370 e. The van der Waals surface area contributed by atoms with Crippen LogP contribution in [0.5, 0.6) is 0 Å². The van der Waals surface area contributed by atoms with Gasteiger partial charge in [-0.25, -0.2) is 0 Å². The lowest BCUT2D eigenvalue weighted by atomic mass is 9.89. The highest BCUT2D eigenvalue weighted by molar-refractivity contribution is 5.81. The van der Waals surface area contributed by atoms with E-state index in [1.807, 2.05) is 0 Å². The molecule has 0 amide bonds. The Hall–Kier alpha value is -0.730. The Morgan fingerprint density at radius 1 is 1.43 bits per heavy atom. The molecule has 0 aromatic rings. The van der Waals surface area contributed by atoms with E-state index in [-0.39, 0.29) is 5.54 Å². The molecule has 1 atom stereocenters. The molecule has 2 N–H and O–H groups in total. The van der Waals surface area contributed by atoms with E-state index in [0.29, 0.717) is 17.9 Å². The minimum absolute atomic E-state index is 0.131. The summed E-state index contributed by atoms with van der Waals surface area (Å²) in [6, 6.07) is 0.435. The van der Waals surface area contributed by atoms with Crippen LogP contribution in [0.3, 0.4) is 0 Å². The Labute approximate surface area is 87.4 Å². The fourth-order valence-electron chi connectivity index (χ4n) is 2.61. The van der Waals surface area contributed by atoms with Crippen molar-refractivity contribution in [3.63, 3.8) is 0 Å². The van der Waals surface area contributed by atoms with E-state index >= 15 is 0 Å². The molecule has 14 heavy (non-hydrogen) atoms. The maximum atomic E-state index is 5.91. The van der Waals surface area contributed by atoms with Gasteiger partial charge in [0.15, 0.2) is 5.96 Å². The lowest BCUT2D eigenvalue weighted by molar-refractivity contribution is 0.155. The molecule has 0 saturated carbocycles. The van der Waals surface area contributed by atoms with E-state index in [4.69, 9.17) is 5.73 Å². The highest BCUT2D eigenvalue weighted by Crippen LogP contribution is 2.30. The van der Waals surface area contributed by atoms with Crippen LogP contribution in [0, 0.1) is 5.92 Å². The van der Waals surface area contributed by atoms with Crippen LogP contribution >= 0.6 is 0 Å². The molecule has 1 heterocycles. The fourth-order valence-corrected chi connectivity index (χ4v) is 2.61. The Balaban J connectivity index is 2.80. The van der Waals surface area contributed by atoms with Gasteiger partial charge in [-0.1, -0.05) is 13.8 Å². The summed E-state index contributed by atoms with van der Waals surface area (Å²) in [6.45, 7) is 11.9. The van der Waals surface area contributed by atoms with Crippen molar-refractivity contribution in [3.8, 4) is 0 Å². The van der Waals surface area contributed by atoms with Crippen molar-refractivity contribution in [2.75, 3.05) is 6.54 Å². The van der Waals surface area contributed by atoms with Crippen molar-refractivity contribution in [1.82, 2.24) is 4.90 Å². The minimum atomic E-state index is 0.131. The third-order valence-electron chi connectivity index (χ3n) is 2.77. The van der Waals surface area contributed by atoms with E-state index < -0.39 is 0 Å². The molecule has 3 nitrogen and oxygen atoms in total. The van der Waals surface area contributed by atoms with Crippen molar-refractivity contribution in [2.24, 2.45) is 16.6 Å². The topological polar surface area (TPSA) is 41.6 Å². The molecule has 0 aromatic heterocycles. The van der Waals surface area contributed by atoms with Gasteiger partial charge in [0, 0.05) is 6.04 Å². The molecule has 0 bridgehead atoms. The number of guanidine groups is 1. The van der Waals surface area contributed by atoms with Crippen LogP contribution in [-0.4, -0.2) is 29.0 Å². The summed E-state index contributed by atoms with van der Waals surface area (Å²) in [4.78, 5) is 6.62. The summed E-state index contributed by atoms with van der Waals surface area (Å²) in [7, 11) is 0. The number of nitrogens with zero attached hydrogens (tertiary/aromatic N) is 2. The van der Waals surface area contributed by atoms with Crippen LogP contribution in [0.15, 0.2) is 4.99 Å². The second-order valence-electron chi connectivity index (χ2n) is 5.23. The van der Waals surface area contributed by atoms with E-state index in [0.717, 1.165) is 13.0 Å². The zero-order valence-corrected chi connectivity index (χ0v) is 10.0. The van der Waals surface area contributed by atoms with Crippen molar-refractivity contribution < 1.29 is 0 Å². The molecule has 1 rings (SSSR count). The van der Waals surface area contributed by atoms with Gasteiger partial charge in [-0.05, 0) is 33.1 Å². The van der Waals surface area contributed by atoms with Crippen LogP contribution in [0.1, 0.15) is 41.0 Å². The maximum Gasteiger partial charge on any atom is 0.192 e. The van der Waals surface area contributed by atoms with E-state index in [1.165, 1.54) is 0 Å². The SMILES string of the molecule is CC(C)CC1(C)CN=C(N)N1C(C)C. The largest absolute Gasteiger partial charge is 0.370 e. The predicted molar refractivity (Wildman–Crippen MR) is 61.3 cm³/mol. The molecule has 1 unspecified atom stereocenters. The second-order valence-corrected chi connectivity index (χ2v) is 5.23. The Kier molecular flexibility index (Phi) is 3.07. The zero-order valence-electron chi connectivity index (χ0n) is 10.0. The lowest BCUT2D eigenvalue weighted by Crippen LogP contribution is -2.53. The van der Waals surface area contributed by atoms with Crippen LogP contribution in [0.25, 0.3) is 0 Å². The first kappa shape index (κ1) is 11.3. The van der Waals surface area contributed by atoms with Crippen molar-refractivity contribution >= 4 is 5.96 Å². The first-order valence-electron chi connectivity index (χ1n) is 5.46.